The molecule has 0 radical (unpaired) electrons. The number of aromatic nitrogens is 5. The zero-order valence-electron chi connectivity index (χ0n) is 34.8. The van der Waals surface area contributed by atoms with Crippen LogP contribution in [-0.4, -0.2) is 30.3 Å². The molecule has 0 saturated carbocycles. The Balaban J connectivity index is 0.999. The van der Waals surface area contributed by atoms with E-state index in [1.54, 1.807) is 0 Å². The van der Waals surface area contributed by atoms with Crippen LogP contribution in [0.4, 0.5) is 0 Å². The van der Waals surface area contributed by atoms with Gasteiger partial charge in [0.15, 0.2) is 17.5 Å². The van der Waals surface area contributed by atoms with Gasteiger partial charge in [-0.15, -0.1) is 0 Å². The van der Waals surface area contributed by atoms with Crippen LogP contribution < -0.4 is 0 Å². The first-order chi connectivity index (χ1) is 31.1. The lowest BCUT2D eigenvalue weighted by molar-refractivity contribution is 0.582. The van der Waals surface area contributed by atoms with Crippen molar-refractivity contribution in [1.29, 1.82) is 0 Å². The first kappa shape index (κ1) is 37.8. The summed E-state index contributed by atoms with van der Waals surface area (Å²) in [5.41, 5.74) is 12.5. The van der Waals surface area contributed by atoms with Crippen molar-refractivity contribution in [3.8, 4) is 28.5 Å². The number of fused-ring (bicyclic) bond motifs is 6. The maximum Gasteiger partial charge on any atom is 0.164 e. The highest BCUT2D eigenvalue weighted by atomic mass is 15.0. The van der Waals surface area contributed by atoms with Crippen molar-refractivity contribution in [2.45, 2.75) is 13.0 Å². The van der Waals surface area contributed by atoms with Crippen molar-refractivity contribution in [2.75, 3.05) is 0 Å². The highest BCUT2D eigenvalue weighted by Crippen LogP contribution is 2.44. The molecule has 7 aromatic carbocycles. The van der Waals surface area contributed by atoms with Crippen molar-refractivity contribution in [1.82, 2.24) is 24.1 Å². The predicted molar refractivity (Wildman–Crippen MR) is 263 cm³/mol. The number of hydrogen-bond acceptors (Lipinski definition) is 4. The van der Waals surface area contributed by atoms with E-state index in [-0.39, 0.29) is 12.0 Å². The molecule has 10 aromatic rings. The van der Waals surface area contributed by atoms with E-state index in [1.165, 1.54) is 16.3 Å². The Morgan fingerprint density at radius 1 is 0.571 bits per heavy atom. The van der Waals surface area contributed by atoms with Gasteiger partial charge in [0.1, 0.15) is 0 Å². The molecule has 0 aliphatic carbocycles. The van der Waals surface area contributed by atoms with E-state index in [4.69, 9.17) is 26.5 Å². The number of dihydropyridines is 1. The van der Waals surface area contributed by atoms with Gasteiger partial charge in [-0.05, 0) is 65.3 Å². The fourth-order valence-electron chi connectivity index (χ4n) is 9.35. The summed E-state index contributed by atoms with van der Waals surface area (Å²) >= 11 is 0. The summed E-state index contributed by atoms with van der Waals surface area (Å²) in [7, 11) is 0. The Morgan fingerprint density at radius 2 is 1.16 bits per heavy atom. The van der Waals surface area contributed by atoms with Crippen LogP contribution in [0.2, 0.25) is 0 Å². The van der Waals surface area contributed by atoms with E-state index >= 15 is 0 Å². The molecule has 2 atom stereocenters. The summed E-state index contributed by atoms with van der Waals surface area (Å²) in [4.78, 5) is 20.3. The fourth-order valence-corrected chi connectivity index (χ4v) is 9.35. The molecule has 4 heterocycles. The predicted octanol–water partition coefficient (Wildman–Crippen LogP) is 14.0. The van der Waals surface area contributed by atoms with Crippen LogP contribution >= 0.6 is 0 Å². The van der Waals surface area contributed by atoms with Crippen LogP contribution in [0.5, 0.6) is 0 Å². The Labute approximate surface area is 365 Å². The van der Waals surface area contributed by atoms with Crippen molar-refractivity contribution < 1.29 is 0 Å². The molecular formula is C57H42N6. The molecule has 1 aliphatic rings. The first-order valence-corrected chi connectivity index (χ1v) is 21.3. The fraction of sp³-hybridized carbons (Fsp3) is 0.0526. The number of nitrogens with zero attached hydrogens (tertiary/aromatic N) is 6. The third-order valence-corrected chi connectivity index (χ3v) is 12.3. The summed E-state index contributed by atoms with van der Waals surface area (Å²) in [5, 5.41) is 4.72. The maximum absolute atomic E-state index is 5.17. The number of benzene rings is 7. The monoisotopic (exact) mass is 810 g/mol. The quantitative estimate of drug-likeness (QED) is 0.136. The van der Waals surface area contributed by atoms with Gasteiger partial charge in [-0.2, -0.15) is 0 Å². The van der Waals surface area contributed by atoms with E-state index < -0.39 is 0 Å². The molecule has 300 valence electrons. The Morgan fingerprint density at radius 3 is 1.86 bits per heavy atom. The topological polar surface area (TPSA) is 60.9 Å². The highest BCUT2D eigenvalue weighted by molar-refractivity contribution is 6.13. The van der Waals surface area contributed by atoms with Gasteiger partial charge in [0.05, 0.1) is 28.1 Å². The SMILES string of the molecule is C=C/C(=C\C(=C)n1c2ccccc2c2c(C3N=CC=C(c4nc(-c5ccccc5)nc(-c5ccccc5)n4)C3C)cccc21)c1ccc2c3ccccc3n(-c3ccccc3)c2c1. The molecule has 2 unspecified atom stereocenters. The average Bonchev–Trinajstić information content (AvgIpc) is 3.87. The lowest BCUT2D eigenvalue weighted by Gasteiger charge is -2.26. The Kier molecular flexibility index (Phi) is 9.39. The van der Waals surface area contributed by atoms with Crippen LogP contribution in [0.25, 0.3) is 88.9 Å². The Hall–Kier alpha value is -8.22. The van der Waals surface area contributed by atoms with Gasteiger partial charge >= 0.3 is 0 Å². The molecule has 0 bridgehead atoms. The van der Waals surface area contributed by atoms with Gasteiger partial charge in [-0.3, -0.25) is 4.99 Å². The third kappa shape index (κ3) is 6.51. The second kappa shape index (κ2) is 15.7. The number of hydrogen-bond donors (Lipinski definition) is 0. The summed E-state index contributed by atoms with van der Waals surface area (Å²) in [6.45, 7) is 11.2. The first-order valence-electron chi connectivity index (χ1n) is 21.3. The molecule has 63 heavy (non-hydrogen) atoms. The molecule has 0 saturated heterocycles. The van der Waals surface area contributed by atoms with Gasteiger partial charge in [-0.25, -0.2) is 15.0 Å². The summed E-state index contributed by atoms with van der Waals surface area (Å²) < 4.78 is 4.62. The van der Waals surface area contributed by atoms with E-state index in [9.17, 15) is 0 Å². The van der Waals surface area contributed by atoms with Crippen LogP contribution in [0.3, 0.4) is 0 Å². The molecule has 3 aromatic heterocycles. The zero-order chi connectivity index (χ0) is 42.4. The van der Waals surface area contributed by atoms with Crippen LogP contribution in [0, 0.1) is 5.92 Å². The second-order valence-electron chi connectivity index (χ2n) is 16.0. The van der Waals surface area contributed by atoms with Crippen LogP contribution in [0.15, 0.2) is 212 Å². The van der Waals surface area contributed by atoms with Gasteiger partial charge in [-0.1, -0.05) is 166 Å². The van der Waals surface area contributed by atoms with Crippen molar-refractivity contribution in [3.05, 3.63) is 224 Å². The molecule has 0 N–H and O–H groups in total. The van der Waals surface area contributed by atoms with Gasteiger partial charge in [0.25, 0.3) is 0 Å². The highest BCUT2D eigenvalue weighted by Gasteiger charge is 2.30. The molecule has 11 rings (SSSR count). The molecule has 6 heteroatoms. The number of rotatable bonds is 9. The van der Waals surface area contributed by atoms with E-state index in [0.29, 0.717) is 17.5 Å². The van der Waals surface area contributed by atoms with E-state index in [0.717, 1.165) is 72.1 Å². The lowest BCUT2D eigenvalue weighted by Crippen LogP contribution is -2.16. The number of allylic oxidation sites excluding steroid dienone is 5. The summed E-state index contributed by atoms with van der Waals surface area (Å²) in [6.07, 6.45) is 8.06. The third-order valence-electron chi connectivity index (χ3n) is 12.3. The largest absolute Gasteiger partial charge is 0.310 e. The molecule has 0 spiro atoms. The molecule has 0 fully saturated rings. The number of para-hydroxylation sites is 3. The van der Waals surface area contributed by atoms with Crippen molar-refractivity contribution in [3.63, 3.8) is 0 Å². The Bertz CT molecular complexity index is 3440. The van der Waals surface area contributed by atoms with Gasteiger partial charge in [0, 0.05) is 61.8 Å². The zero-order valence-corrected chi connectivity index (χ0v) is 34.8. The van der Waals surface area contributed by atoms with Crippen molar-refractivity contribution >= 4 is 66.7 Å². The van der Waals surface area contributed by atoms with Crippen LogP contribution in [-0.2, 0) is 0 Å². The molecular weight excluding hydrogens is 769 g/mol. The average molecular weight is 811 g/mol. The van der Waals surface area contributed by atoms with Crippen molar-refractivity contribution in [2.24, 2.45) is 10.9 Å². The lowest BCUT2D eigenvalue weighted by atomic mass is 9.84. The van der Waals surface area contributed by atoms with Crippen LogP contribution in [0.1, 0.15) is 29.9 Å². The van der Waals surface area contributed by atoms with Gasteiger partial charge < -0.3 is 9.13 Å². The van der Waals surface area contributed by atoms with E-state index in [1.807, 2.05) is 73.0 Å². The van der Waals surface area contributed by atoms with E-state index in [2.05, 4.69) is 150 Å². The minimum atomic E-state index is -0.194. The second-order valence-corrected chi connectivity index (χ2v) is 16.0. The normalized spacial score (nSPS) is 15.3. The molecule has 6 nitrogen and oxygen atoms in total. The summed E-state index contributed by atoms with van der Waals surface area (Å²) in [6, 6.07) is 61.0. The minimum Gasteiger partial charge on any atom is -0.310 e. The molecule has 1 aliphatic heterocycles. The van der Waals surface area contributed by atoms with Gasteiger partial charge in [0.2, 0.25) is 0 Å². The number of aliphatic imine (C=N–C) groups is 1. The minimum absolute atomic E-state index is 0.0470. The maximum atomic E-state index is 5.17. The standard InChI is InChI=1S/C57H42N6/c1-4-39(42-31-32-46-45-25-14-16-28-49(45)63(52(46)36-42)43-23-12-7-13-24-43)35-37(2)62-50-29-17-15-26-47(50)53-48(27-18-30-51(53)62)54-38(3)44(33-34-58-54)57-60-55(40-19-8-5-9-20-40)59-56(61-57)41-21-10-6-11-22-41/h4-36,38,54H,1-2H2,3H3/b39-35+. The smallest absolute Gasteiger partial charge is 0.164 e. The molecule has 0 amide bonds. The summed E-state index contributed by atoms with van der Waals surface area (Å²) in [5.74, 6) is 1.88.